The number of hydrogen-bond donors (Lipinski definition) is 0. The second-order valence-electron chi connectivity index (χ2n) is 5.45. The average Bonchev–Trinajstić information content (AvgIpc) is 3.24. The van der Waals surface area contributed by atoms with E-state index in [4.69, 9.17) is 11.6 Å². The highest BCUT2D eigenvalue weighted by Gasteiger charge is 2.57. The van der Waals surface area contributed by atoms with E-state index in [2.05, 4.69) is 24.0 Å². The molecular formula is C19H15ClO. The summed E-state index contributed by atoms with van der Waals surface area (Å²) < 4.78 is 0. The minimum Gasteiger partial charge on any atom is -0.298 e. The molecule has 1 aliphatic carbocycles. The van der Waals surface area contributed by atoms with Gasteiger partial charge < -0.3 is 0 Å². The van der Waals surface area contributed by atoms with Crippen LogP contribution in [0.2, 0.25) is 5.02 Å². The molecule has 0 amide bonds. The van der Waals surface area contributed by atoms with Gasteiger partial charge in [0.15, 0.2) is 0 Å². The van der Waals surface area contributed by atoms with Crippen molar-refractivity contribution in [3.05, 3.63) is 70.7 Å². The lowest BCUT2D eigenvalue weighted by Gasteiger charge is -2.06. The van der Waals surface area contributed by atoms with E-state index in [1.165, 1.54) is 5.56 Å². The first-order valence-electron chi connectivity index (χ1n) is 6.96. The summed E-state index contributed by atoms with van der Waals surface area (Å²) in [5, 5.41) is 0.690. The van der Waals surface area contributed by atoms with Crippen LogP contribution in [0.25, 0.3) is 0 Å². The van der Waals surface area contributed by atoms with E-state index in [9.17, 15) is 4.79 Å². The third kappa shape index (κ3) is 2.73. The Morgan fingerprint density at radius 1 is 1.14 bits per heavy atom. The minimum absolute atomic E-state index is 0.151. The van der Waals surface area contributed by atoms with Crippen LogP contribution in [0.4, 0.5) is 0 Å². The summed E-state index contributed by atoms with van der Waals surface area (Å²) in [5.74, 6) is 6.71. The maximum Gasteiger partial charge on any atom is 0.148 e. The van der Waals surface area contributed by atoms with Crippen LogP contribution in [0.1, 0.15) is 30.4 Å². The van der Waals surface area contributed by atoms with E-state index >= 15 is 0 Å². The minimum atomic E-state index is -0.513. The van der Waals surface area contributed by atoms with Gasteiger partial charge in [0, 0.05) is 16.5 Å². The predicted octanol–water partition coefficient (Wildman–Crippen LogP) is 4.45. The smallest absolute Gasteiger partial charge is 0.148 e. The highest BCUT2D eigenvalue weighted by molar-refractivity contribution is 6.30. The summed E-state index contributed by atoms with van der Waals surface area (Å²) in [6.45, 7) is 1.64. The predicted molar refractivity (Wildman–Crippen MR) is 85.2 cm³/mol. The first kappa shape index (κ1) is 13.9. The van der Waals surface area contributed by atoms with E-state index in [1.807, 2.05) is 42.5 Å². The molecule has 3 rings (SSSR count). The van der Waals surface area contributed by atoms with Crippen LogP contribution >= 0.6 is 11.6 Å². The molecule has 0 spiro atoms. The summed E-state index contributed by atoms with van der Waals surface area (Å²) in [6, 6.07) is 17.5. The topological polar surface area (TPSA) is 17.1 Å². The van der Waals surface area contributed by atoms with Crippen molar-refractivity contribution in [3.63, 3.8) is 0 Å². The van der Waals surface area contributed by atoms with Gasteiger partial charge in [0.2, 0.25) is 0 Å². The number of carbonyl (C=O) groups excluding carboxylic acids is 1. The Labute approximate surface area is 130 Å². The quantitative estimate of drug-likeness (QED) is 0.748. The van der Waals surface area contributed by atoms with Crippen LogP contribution in [-0.4, -0.2) is 5.78 Å². The number of benzene rings is 2. The van der Waals surface area contributed by atoms with Crippen molar-refractivity contribution in [2.75, 3.05) is 0 Å². The molecule has 1 fully saturated rings. The Kier molecular flexibility index (Phi) is 3.57. The fourth-order valence-corrected chi connectivity index (χ4v) is 2.81. The molecule has 2 heteroatoms. The van der Waals surface area contributed by atoms with Crippen molar-refractivity contribution in [3.8, 4) is 11.8 Å². The average molecular weight is 295 g/mol. The van der Waals surface area contributed by atoms with Crippen molar-refractivity contribution >= 4 is 17.4 Å². The van der Waals surface area contributed by atoms with Crippen molar-refractivity contribution in [2.24, 2.45) is 5.41 Å². The van der Waals surface area contributed by atoms with Crippen molar-refractivity contribution in [1.29, 1.82) is 0 Å². The van der Waals surface area contributed by atoms with E-state index in [0.717, 1.165) is 12.0 Å². The Balaban J connectivity index is 1.88. The van der Waals surface area contributed by atoms with Crippen LogP contribution in [-0.2, 0) is 4.79 Å². The zero-order valence-electron chi connectivity index (χ0n) is 11.8. The molecule has 0 unspecified atom stereocenters. The molecule has 2 atom stereocenters. The number of hydrogen-bond acceptors (Lipinski definition) is 1. The van der Waals surface area contributed by atoms with Crippen molar-refractivity contribution in [1.82, 2.24) is 0 Å². The van der Waals surface area contributed by atoms with Gasteiger partial charge in [0.25, 0.3) is 0 Å². The van der Waals surface area contributed by atoms with Crippen LogP contribution in [0.3, 0.4) is 0 Å². The van der Waals surface area contributed by atoms with Gasteiger partial charge in [-0.1, -0.05) is 53.8 Å². The Hall–Kier alpha value is -2.04. The molecule has 0 radical (unpaired) electrons. The van der Waals surface area contributed by atoms with Gasteiger partial charge in [-0.2, -0.15) is 0 Å². The second kappa shape index (κ2) is 5.39. The molecule has 1 saturated carbocycles. The Morgan fingerprint density at radius 2 is 1.81 bits per heavy atom. The molecule has 2 aromatic rings. The Morgan fingerprint density at radius 3 is 2.43 bits per heavy atom. The third-order valence-corrected chi connectivity index (χ3v) is 4.32. The molecule has 1 aliphatic rings. The van der Waals surface area contributed by atoms with Gasteiger partial charge >= 0.3 is 0 Å². The van der Waals surface area contributed by atoms with Crippen molar-refractivity contribution in [2.45, 2.75) is 19.3 Å². The molecule has 2 aromatic carbocycles. The summed E-state index contributed by atoms with van der Waals surface area (Å²) in [6.07, 6.45) is 0.812. The molecule has 0 saturated heterocycles. The number of halogens is 1. The lowest BCUT2D eigenvalue weighted by molar-refractivity contribution is -0.120. The fraction of sp³-hybridized carbons (Fsp3) is 0.211. The molecule has 1 nitrogen and oxygen atoms in total. The molecule has 21 heavy (non-hydrogen) atoms. The third-order valence-electron chi connectivity index (χ3n) is 4.07. The lowest BCUT2D eigenvalue weighted by atomic mass is 9.95. The molecule has 0 aromatic heterocycles. The monoisotopic (exact) mass is 294 g/mol. The highest BCUT2D eigenvalue weighted by Crippen LogP contribution is 2.59. The molecule has 0 heterocycles. The fourth-order valence-electron chi connectivity index (χ4n) is 2.68. The maximum atomic E-state index is 12.1. The first-order chi connectivity index (χ1) is 10.1. The number of ketones is 1. The normalized spacial score (nSPS) is 23.0. The molecule has 104 valence electrons. The molecule has 0 aliphatic heterocycles. The van der Waals surface area contributed by atoms with Crippen LogP contribution in [0, 0.1) is 17.3 Å². The van der Waals surface area contributed by atoms with Crippen LogP contribution in [0.15, 0.2) is 54.6 Å². The van der Waals surface area contributed by atoms with E-state index in [0.29, 0.717) is 5.02 Å². The van der Waals surface area contributed by atoms with E-state index < -0.39 is 5.41 Å². The second-order valence-corrected chi connectivity index (χ2v) is 5.89. The zero-order chi connectivity index (χ0) is 14.9. The summed E-state index contributed by atoms with van der Waals surface area (Å²) in [5.41, 5.74) is 1.57. The van der Waals surface area contributed by atoms with Crippen LogP contribution in [0.5, 0.6) is 0 Å². The number of rotatable bonds is 2. The van der Waals surface area contributed by atoms with E-state index in [-0.39, 0.29) is 11.7 Å². The van der Waals surface area contributed by atoms with Gasteiger partial charge in [-0.3, -0.25) is 4.79 Å². The molecular weight excluding hydrogens is 280 g/mol. The van der Waals surface area contributed by atoms with E-state index in [1.54, 1.807) is 6.92 Å². The summed E-state index contributed by atoms with van der Waals surface area (Å²) >= 11 is 5.87. The summed E-state index contributed by atoms with van der Waals surface area (Å²) in [4.78, 5) is 12.1. The van der Waals surface area contributed by atoms with Gasteiger partial charge in [0.1, 0.15) is 5.78 Å². The maximum absolute atomic E-state index is 12.1. The largest absolute Gasteiger partial charge is 0.298 e. The first-order valence-corrected chi connectivity index (χ1v) is 7.34. The van der Waals surface area contributed by atoms with Crippen LogP contribution < -0.4 is 0 Å². The Bertz CT molecular complexity index is 722. The molecule has 0 bridgehead atoms. The summed E-state index contributed by atoms with van der Waals surface area (Å²) in [7, 11) is 0. The van der Waals surface area contributed by atoms with Gasteiger partial charge in [-0.25, -0.2) is 0 Å². The van der Waals surface area contributed by atoms with Gasteiger partial charge in [0.05, 0.1) is 5.41 Å². The highest BCUT2D eigenvalue weighted by atomic mass is 35.5. The zero-order valence-corrected chi connectivity index (χ0v) is 12.5. The standard InChI is InChI=1S/C19H15ClO/c1-14(21)19(12-11-15-7-9-17(20)10-8-15)13-18(19)16-5-3-2-4-6-16/h2-10,18H,13H2,1H3/t18-,19-/m1/s1. The SMILES string of the molecule is CC(=O)[C@@]1(C#Cc2ccc(Cl)cc2)C[C@@H]1c1ccccc1. The van der Waals surface area contributed by atoms with Gasteiger partial charge in [-0.05, 0) is 43.2 Å². The lowest BCUT2D eigenvalue weighted by Crippen LogP contribution is -2.12. The van der Waals surface area contributed by atoms with Crippen molar-refractivity contribution < 1.29 is 4.79 Å². The number of carbonyl (C=O) groups is 1. The van der Waals surface area contributed by atoms with Gasteiger partial charge in [-0.15, -0.1) is 0 Å². The molecule has 0 N–H and O–H groups in total. The number of Topliss-reactive ketones (excluding diaryl/α,β-unsaturated/α-hetero) is 1.